The van der Waals surface area contributed by atoms with Crippen LogP contribution in [-0.4, -0.2) is 23.5 Å². The highest BCUT2D eigenvalue weighted by atomic mass is 16.3. The molecule has 0 unspecified atom stereocenters. The van der Waals surface area contributed by atoms with Crippen LogP contribution < -0.4 is 5.32 Å². The summed E-state index contributed by atoms with van der Waals surface area (Å²) in [6, 6.07) is 14.3. The first-order chi connectivity index (χ1) is 10.7. The SMILES string of the molecule is C[C@@H](Cc1ccco1)NC(=O)N1CCC[C@H]1c1ccccc1. The molecule has 1 aliphatic heterocycles. The van der Waals surface area contributed by atoms with Crippen LogP contribution >= 0.6 is 0 Å². The van der Waals surface area contributed by atoms with Crippen LogP contribution in [0.15, 0.2) is 53.1 Å². The molecular formula is C18H22N2O2. The fraction of sp³-hybridized carbons (Fsp3) is 0.389. The number of nitrogens with one attached hydrogen (secondary N) is 1. The average molecular weight is 298 g/mol. The third-order valence-electron chi connectivity index (χ3n) is 4.16. The van der Waals surface area contributed by atoms with Crippen LogP contribution in [0.4, 0.5) is 4.79 Å². The molecule has 1 fully saturated rings. The van der Waals surface area contributed by atoms with Crippen molar-refractivity contribution in [2.24, 2.45) is 0 Å². The van der Waals surface area contributed by atoms with Gasteiger partial charge in [-0.25, -0.2) is 4.79 Å². The van der Waals surface area contributed by atoms with E-state index in [0.717, 1.165) is 25.1 Å². The van der Waals surface area contributed by atoms with Gasteiger partial charge in [-0.3, -0.25) is 0 Å². The summed E-state index contributed by atoms with van der Waals surface area (Å²) in [5.41, 5.74) is 1.22. The third-order valence-corrected chi connectivity index (χ3v) is 4.16. The van der Waals surface area contributed by atoms with Gasteiger partial charge in [0.05, 0.1) is 12.3 Å². The smallest absolute Gasteiger partial charge is 0.318 e. The second-order valence-corrected chi connectivity index (χ2v) is 5.90. The number of carbonyl (C=O) groups is 1. The lowest BCUT2D eigenvalue weighted by Gasteiger charge is -2.27. The summed E-state index contributed by atoms with van der Waals surface area (Å²) in [5, 5.41) is 3.09. The van der Waals surface area contributed by atoms with Crippen molar-refractivity contribution in [3.8, 4) is 0 Å². The topological polar surface area (TPSA) is 45.5 Å². The van der Waals surface area contributed by atoms with Gasteiger partial charge in [0.1, 0.15) is 5.76 Å². The Bertz CT molecular complexity index is 595. The molecule has 1 N–H and O–H groups in total. The van der Waals surface area contributed by atoms with E-state index in [4.69, 9.17) is 4.42 Å². The van der Waals surface area contributed by atoms with E-state index in [9.17, 15) is 4.79 Å². The molecule has 0 spiro atoms. The number of furan rings is 1. The number of carbonyl (C=O) groups excluding carboxylic acids is 1. The monoisotopic (exact) mass is 298 g/mol. The molecule has 0 bridgehead atoms. The molecule has 1 aromatic carbocycles. The van der Waals surface area contributed by atoms with Gasteiger partial charge in [-0.1, -0.05) is 30.3 Å². The summed E-state index contributed by atoms with van der Waals surface area (Å²) < 4.78 is 5.34. The van der Waals surface area contributed by atoms with Gasteiger partial charge >= 0.3 is 6.03 Å². The van der Waals surface area contributed by atoms with Crippen LogP contribution in [0.2, 0.25) is 0 Å². The quantitative estimate of drug-likeness (QED) is 0.934. The zero-order chi connectivity index (χ0) is 15.4. The highest BCUT2D eigenvalue weighted by molar-refractivity contribution is 5.75. The standard InChI is InChI=1S/C18H22N2O2/c1-14(13-16-9-6-12-22-16)19-18(21)20-11-5-10-17(20)15-7-3-2-4-8-15/h2-4,6-9,12,14,17H,5,10-11,13H2,1H3,(H,19,21)/t14-,17-/m0/s1. The van der Waals surface area contributed by atoms with E-state index in [1.807, 2.05) is 42.2 Å². The number of amides is 2. The molecule has 4 nitrogen and oxygen atoms in total. The fourth-order valence-corrected chi connectivity index (χ4v) is 3.11. The minimum absolute atomic E-state index is 0.0189. The summed E-state index contributed by atoms with van der Waals surface area (Å²) in [6.07, 6.45) is 4.46. The molecule has 0 radical (unpaired) electrons. The van der Waals surface area contributed by atoms with Crippen molar-refractivity contribution in [3.63, 3.8) is 0 Å². The van der Waals surface area contributed by atoms with Crippen molar-refractivity contribution in [1.29, 1.82) is 0 Å². The van der Waals surface area contributed by atoms with Crippen LogP contribution in [-0.2, 0) is 6.42 Å². The Morgan fingerprint density at radius 2 is 2.14 bits per heavy atom. The summed E-state index contributed by atoms with van der Waals surface area (Å²) in [5.74, 6) is 0.897. The number of rotatable bonds is 4. The Kier molecular flexibility index (Phi) is 4.47. The third kappa shape index (κ3) is 3.32. The first-order valence-corrected chi connectivity index (χ1v) is 7.88. The molecule has 2 aromatic rings. The maximum Gasteiger partial charge on any atom is 0.318 e. The van der Waals surface area contributed by atoms with E-state index >= 15 is 0 Å². The molecule has 1 aliphatic rings. The van der Waals surface area contributed by atoms with Crippen molar-refractivity contribution < 1.29 is 9.21 Å². The predicted molar refractivity (Wildman–Crippen MR) is 85.5 cm³/mol. The van der Waals surface area contributed by atoms with E-state index in [1.54, 1.807) is 6.26 Å². The van der Waals surface area contributed by atoms with Crippen LogP contribution in [0, 0.1) is 0 Å². The van der Waals surface area contributed by atoms with Gasteiger partial charge in [0.25, 0.3) is 0 Å². The lowest BCUT2D eigenvalue weighted by Crippen LogP contribution is -2.44. The molecule has 1 saturated heterocycles. The summed E-state index contributed by atoms with van der Waals surface area (Å²) in [4.78, 5) is 14.5. The Balaban J connectivity index is 1.61. The van der Waals surface area contributed by atoms with E-state index in [0.29, 0.717) is 6.42 Å². The van der Waals surface area contributed by atoms with Gasteiger partial charge in [-0.2, -0.15) is 0 Å². The largest absolute Gasteiger partial charge is 0.469 e. The zero-order valence-corrected chi connectivity index (χ0v) is 12.9. The van der Waals surface area contributed by atoms with Crippen molar-refractivity contribution in [2.75, 3.05) is 6.54 Å². The average Bonchev–Trinajstić information content (AvgIpc) is 3.18. The van der Waals surface area contributed by atoms with E-state index in [1.165, 1.54) is 5.56 Å². The molecule has 0 aliphatic carbocycles. The van der Waals surface area contributed by atoms with Gasteiger partial charge < -0.3 is 14.6 Å². The van der Waals surface area contributed by atoms with E-state index < -0.39 is 0 Å². The molecule has 2 amide bonds. The number of likely N-dealkylation sites (tertiary alicyclic amines) is 1. The molecule has 22 heavy (non-hydrogen) atoms. The Morgan fingerprint density at radius 1 is 1.32 bits per heavy atom. The van der Waals surface area contributed by atoms with Crippen molar-refractivity contribution in [2.45, 2.75) is 38.3 Å². The number of urea groups is 1. The molecule has 1 aromatic heterocycles. The first kappa shape index (κ1) is 14.7. The molecule has 0 saturated carbocycles. The number of benzene rings is 1. The summed E-state index contributed by atoms with van der Waals surface area (Å²) in [6.45, 7) is 2.83. The highest BCUT2D eigenvalue weighted by Crippen LogP contribution is 2.31. The summed E-state index contributed by atoms with van der Waals surface area (Å²) >= 11 is 0. The van der Waals surface area contributed by atoms with Crippen molar-refractivity contribution in [3.05, 3.63) is 60.1 Å². The van der Waals surface area contributed by atoms with Crippen molar-refractivity contribution >= 4 is 6.03 Å². The second-order valence-electron chi connectivity index (χ2n) is 5.90. The second kappa shape index (κ2) is 6.69. The lowest BCUT2D eigenvalue weighted by molar-refractivity contribution is 0.189. The fourth-order valence-electron chi connectivity index (χ4n) is 3.11. The molecule has 3 rings (SSSR count). The normalized spacial score (nSPS) is 19.1. The first-order valence-electron chi connectivity index (χ1n) is 7.88. The predicted octanol–water partition coefficient (Wildman–Crippen LogP) is 3.76. The lowest BCUT2D eigenvalue weighted by atomic mass is 10.1. The van der Waals surface area contributed by atoms with Crippen LogP contribution in [0.25, 0.3) is 0 Å². The van der Waals surface area contributed by atoms with Crippen LogP contribution in [0.1, 0.15) is 37.1 Å². The zero-order valence-electron chi connectivity index (χ0n) is 12.9. The maximum absolute atomic E-state index is 12.6. The Labute approximate surface area is 131 Å². The number of nitrogens with zero attached hydrogens (tertiary/aromatic N) is 1. The minimum Gasteiger partial charge on any atom is -0.469 e. The number of hydrogen-bond acceptors (Lipinski definition) is 2. The van der Waals surface area contributed by atoms with E-state index in [2.05, 4.69) is 17.4 Å². The molecule has 2 atom stereocenters. The molecule has 4 heteroatoms. The van der Waals surface area contributed by atoms with Crippen LogP contribution in [0.3, 0.4) is 0 Å². The Hall–Kier alpha value is -2.23. The van der Waals surface area contributed by atoms with Gasteiger partial charge in [0.15, 0.2) is 0 Å². The van der Waals surface area contributed by atoms with Gasteiger partial charge in [-0.15, -0.1) is 0 Å². The van der Waals surface area contributed by atoms with E-state index in [-0.39, 0.29) is 18.1 Å². The maximum atomic E-state index is 12.6. The van der Waals surface area contributed by atoms with Crippen LogP contribution in [0.5, 0.6) is 0 Å². The van der Waals surface area contributed by atoms with Gasteiger partial charge in [0, 0.05) is 19.0 Å². The summed E-state index contributed by atoms with van der Waals surface area (Å²) in [7, 11) is 0. The van der Waals surface area contributed by atoms with Gasteiger partial charge in [-0.05, 0) is 37.5 Å². The molecular weight excluding hydrogens is 276 g/mol. The molecule has 116 valence electrons. The number of hydrogen-bond donors (Lipinski definition) is 1. The molecule has 2 heterocycles. The Morgan fingerprint density at radius 3 is 2.86 bits per heavy atom. The minimum atomic E-state index is 0.0189. The highest BCUT2D eigenvalue weighted by Gasteiger charge is 2.30. The van der Waals surface area contributed by atoms with Gasteiger partial charge in [0.2, 0.25) is 0 Å². The van der Waals surface area contributed by atoms with Crippen molar-refractivity contribution in [1.82, 2.24) is 10.2 Å².